The zero-order valence-corrected chi connectivity index (χ0v) is 14.4. The van der Waals surface area contributed by atoms with Crippen LogP contribution in [0.4, 0.5) is 5.69 Å². The lowest BCUT2D eigenvalue weighted by Crippen LogP contribution is -2.41. The second-order valence-electron chi connectivity index (χ2n) is 5.48. The molecule has 1 aromatic rings. The van der Waals surface area contributed by atoms with E-state index in [1.54, 1.807) is 12.1 Å². The van der Waals surface area contributed by atoms with E-state index in [4.69, 9.17) is 21.6 Å². The van der Waals surface area contributed by atoms with E-state index < -0.39 is 0 Å². The fraction of sp³-hybridized carbons (Fsp3) is 0.412. The number of hydrogen-bond donors (Lipinski definition) is 2. The van der Waals surface area contributed by atoms with Gasteiger partial charge in [-0.25, -0.2) is 0 Å². The van der Waals surface area contributed by atoms with Gasteiger partial charge in [0.25, 0.3) is 5.91 Å². The number of hydrogen-bond acceptors (Lipinski definition) is 5. The number of amides is 1. The summed E-state index contributed by atoms with van der Waals surface area (Å²) in [5.74, 6) is -0.384. The Morgan fingerprint density at radius 2 is 2.21 bits per heavy atom. The maximum Gasteiger partial charge on any atom is 0.263 e. The van der Waals surface area contributed by atoms with Gasteiger partial charge >= 0.3 is 0 Å². The highest BCUT2D eigenvalue weighted by molar-refractivity contribution is 6.30. The SMILES string of the molecule is Cc1cc(Cl)ccc1N/C=C(/C#N)C(=O)NCCN1CCOCC1. The number of rotatable bonds is 6. The third kappa shape index (κ3) is 5.53. The summed E-state index contributed by atoms with van der Waals surface area (Å²) in [4.78, 5) is 14.3. The second-order valence-corrected chi connectivity index (χ2v) is 5.92. The lowest BCUT2D eigenvalue weighted by molar-refractivity contribution is -0.117. The van der Waals surface area contributed by atoms with Crippen LogP contribution in [0.15, 0.2) is 30.0 Å². The van der Waals surface area contributed by atoms with Gasteiger partial charge in [0.1, 0.15) is 11.6 Å². The molecule has 128 valence electrons. The molecule has 1 aliphatic rings. The van der Waals surface area contributed by atoms with Gasteiger partial charge in [-0.05, 0) is 30.7 Å². The van der Waals surface area contributed by atoms with Crippen molar-refractivity contribution in [3.05, 3.63) is 40.6 Å². The molecule has 1 aliphatic heterocycles. The molecular weight excluding hydrogens is 328 g/mol. The average molecular weight is 349 g/mol. The summed E-state index contributed by atoms with van der Waals surface area (Å²) in [7, 11) is 0. The predicted molar refractivity (Wildman–Crippen MR) is 93.8 cm³/mol. The zero-order chi connectivity index (χ0) is 17.4. The molecule has 0 bridgehead atoms. The highest BCUT2D eigenvalue weighted by atomic mass is 35.5. The van der Waals surface area contributed by atoms with Crippen LogP contribution in [0, 0.1) is 18.3 Å². The van der Waals surface area contributed by atoms with Gasteiger partial charge in [-0.15, -0.1) is 0 Å². The van der Waals surface area contributed by atoms with Gasteiger partial charge in [0.2, 0.25) is 0 Å². The minimum atomic E-state index is -0.384. The average Bonchev–Trinajstić information content (AvgIpc) is 2.58. The maximum atomic E-state index is 12.1. The Labute approximate surface area is 147 Å². The molecule has 1 fully saturated rings. The summed E-state index contributed by atoms with van der Waals surface area (Å²) in [6, 6.07) is 7.28. The van der Waals surface area contributed by atoms with E-state index in [2.05, 4.69) is 15.5 Å². The number of ether oxygens (including phenoxy) is 1. The fourth-order valence-electron chi connectivity index (χ4n) is 2.34. The van der Waals surface area contributed by atoms with E-state index in [0.717, 1.165) is 44.1 Å². The molecule has 1 amide bonds. The summed E-state index contributed by atoms with van der Waals surface area (Å²) in [6.07, 6.45) is 1.42. The second kappa shape index (κ2) is 9.28. The van der Waals surface area contributed by atoms with Crippen molar-refractivity contribution in [1.29, 1.82) is 5.26 Å². The Morgan fingerprint density at radius 3 is 2.88 bits per heavy atom. The summed E-state index contributed by atoms with van der Waals surface area (Å²) in [5.41, 5.74) is 1.77. The van der Waals surface area contributed by atoms with Crippen LogP contribution in [0.1, 0.15) is 5.56 Å². The van der Waals surface area contributed by atoms with Gasteiger partial charge in [-0.2, -0.15) is 5.26 Å². The third-order valence-corrected chi connectivity index (χ3v) is 3.98. The lowest BCUT2D eigenvalue weighted by atomic mass is 10.2. The number of halogens is 1. The zero-order valence-electron chi connectivity index (χ0n) is 13.6. The number of aryl methyl sites for hydroxylation is 1. The van der Waals surface area contributed by atoms with E-state index >= 15 is 0 Å². The molecule has 0 spiro atoms. The first-order valence-corrected chi connectivity index (χ1v) is 8.19. The molecule has 0 saturated carbocycles. The summed E-state index contributed by atoms with van der Waals surface area (Å²) in [6.45, 7) is 6.33. The van der Waals surface area contributed by atoms with E-state index in [0.29, 0.717) is 11.6 Å². The number of carbonyl (C=O) groups is 1. The molecule has 2 N–H and O–H groups in total. The van der Waals surface area contributed by atoms with Crippen LogP contribution in [0.3, 0.4) is 0 Å². The molecule has 0 atom stereocenters. The first-order valence-electron chi connectivity index (χ1n) is 7.81. The molecule has 7 heteroatoms. The quantitative estimate of drug-likeness (QED) is 0.606. The van der Waals surface area contributed by atoms with Crippen molar-refractivity contribution in [3.63, 3.8) is 0 Å². The standard InChI is InChI=1S/C17H21ClN4O2/c1-13-10-15(18)2-3-16(13)21-12-14(11-19)17(23)20-4-5-22-6-8-24-9-7-22/h2-3,10,12,21H,4-9H2,1H3,(H,20,23)/b14-12-. The summed E-state index contributed by atoms with van der Waals surface area (Å²) < 4.78 is 5.28. The van der Waals surface area contributed by atoms with Gasteiger partial charge in [0, 0.05) is 43.1 Å². The number of nitrogens with zero attached hydrogens (tertiary/aromatic N) is 2. The molecule has 0 aromatic heterocycles. The van der Waals surface area contributed by atoms with Gasteiger partial charge in [-0.3, -0.25) is 9.69 Å². The van der Waals surface area contributed by atoms with Crippen LogP contribution in [0.2, 0.25) is 5.02 Å². The first kappa shape index (κ1) is 18.3. The number of anilines is 1. The molecule has 0 unspecified atom stereocenters. The Morgan fingerprint density at radius 1 is 1.46 bits per heavy atom. The Balaban J connectivity index is 1.85. The number of nitriles is 1. The molecular formula is C17H21ClN4O2. The van der Waals surface area contributed by atoms with Crippen molar-refractivity contribution in [2.75, 3.05) is 44.7 Å². The van der Waals surface area contributed by atoms with E-state index in [1.807, 2.05) is 19.1 Å². The number of nitrogens with one attached hydrogen (secondary N) is 2. The highest BCUT2D eigenvalue weighted by Crippen LogP contribution is 2.19. The monoisotopic (exact) mass is 348 g/mol. The molecule has 1 aromatic carbocycles. The van der Waals surface area contributed by atoms with Crippen LogP contribution >= 0.6 is 11.6 Å². The van der Waals surface area contributed by atoms with E-state index in [-0.39, 0.29) is 11.5 Å². The van der Waals surface area contributed by atoms with Crippen LogP contribution < -0.4 is 10.6 Å². The maximum absolute atomic E-state index is 12.1. The minimum Gasteiger partial charge on any atom is -0.379 e. The van der Waals surface area contributed by atoms with Crippen molar-refractivity contribution in [3.8, 4) is 6.07 Å². The van der Waals surface area contributed by atoms with Crippen molar-refractivity contribution < 1.29 is 9.53 Å². The number of morpholine rings is 1. The van der Waals surface area contributed by atoms with Crippen LogP contribution in [0.25, 0.3) is 0 Å². The molecule has 1 heterocycles. The largest absolute Gasteiger partial charge is 0.379 e. The molecule has 2 rings (SSSR count). The number of benzene rings is 1. The topological polar surface area (TPSA) is 77.4 Å². The van der Waals surface area contributed by atoms with Crippen molar-refractivity contribution in [2.45, 2.75) is 6.92 Å². The molecule has 6 nitrogen and oxygen atoms in total. The predicted octanol–water partition coefficient (Wildman–Crippen LogP) is 1.92. The van der Waals surface area contributed by atoms with E-state index in [1.165, 1.54) is 6.20 Å². The summed E-state index contributed by atoms with van der Waals surface area (Å²) >= 11 is 5.91. The van der Waals surface area contributed by atoms with Crippen molar-refractivity contribution in [2.24, 2.45) is 0 Å². The molecule has 0 radical (unpaired) electrons. The molecule has 1 saturated heterocycles. The Hall–Kier alpha value is -2.07. The van der Waals surface area contributed by atoms with Crippen LogP contribution in [-0.4, -0.2) is 50.2 Å². The van der Waals surface area contributed by atoms with Gasteiger partial charge in [0.15, 0.2) is 0 Å². The van der Waals surface area contributed by atoms with Gasteiger partial charge in [-0.1, -0.05) is 11.6 Å². The fourth-order valence-corrected chi connectivity index (χ4v) is 2.56. The van der Waals surface area contributed by atoms with Gasteiger partial charge < -0.3 is 15.4 Å². The smallest absolute Gasteiger partial charge is 0.263 e. The van der Waals surface area contributed by atoms with E-state index in [9.17, 15) is 4.79 Å². The normalized spacial score (nSPS) is 15.6. The highest BCUT2D eigenvalue weighted by Gasteiger charge is 2.12. The van der Waals surface area contributed by atoms with Crippen molar-refractivity contribution >= 4 is 23.2 Å². The van der Waals surface area contributed by atoms with Crippen LogP contribution in [-0.2, 0) is 9.53 Å². The van der Waals surface area contributed by atoms with Gasteiger partial charge in [0.05, 0.1) is 13.2 Å². The Kier molecular flexibility index (Phi) is 7.07. The van der Waals surface area contributed by atoms with Crippen molar-refractivity contribution in [1.82, 2.24) is 10.2 Å². The van der Waals surface area contributed by atoms with Crippen LogP contribution in [0.5, 0.6) is 0 Å². The molecule has 0 aliphatic carbocycles. The Bertz CT molecular complexity index is 648. The lowest BCUT2D eigenvalue weighted by Gasteiger charge is -2.26. The molecule has 24 heavy (non-hydrogen) atoms. The number of carbonyl (C=O) groups excluding carboxylic acids is 1. The minimum absolute atomic E-state index is 0.0336. The summed E-state index contributed by atoms with van der Waals surface area (Å²) in [5, 5.41) is 15.6. The third-order valence-electron chi connectivity index (χ3n) is 3.74. The first-order chi connectivity index (χ1) is 11.6.